The number of halogens is 3. The van der Waals surface area contributed by atoms with Crippen molar-refractivity contribution in [1.29, 1.82) is 0 Å². The van der Waals surface area contributed by atoms with E-state index in [4.69, 9.17) is 11.6 Å². The number of nitrogens with zero attached hydrogens (tertiary/aromatic N) is 3. The average molecular weight is 538 g/mol. The van der Waals surface area contributed by atoms with Gasteiger partial charge < -0.3 is 4.90 Å². The number of fused-ring (bicyclic) bond motifs is 1. The Balaban J connectivity index is 1.38. The number of carbonyl (C=O) groups excluding carboxylic acids is 2. The van der Waals surface area contributed by atoms with E-state index >= 15 is 0 Å². The molecule has 0 N–H and O–H groups in total. The molecule has 0 aliphatic carbocycles. The first-order valence-electron chi connectivity index (χ1n) is 11.6. The highest BCUT2D eigenvalue weighted by Crippen LogP contribution is 2.38. The van der Waals surface area contributed by atoms with Gasteiger partial charge in [0.05, 0.1) is 34.5 Å². The summed E-state index contributed by atoms with van der Waals surface area (Å²) >= 11 is 7.05. The number of hydrogen-bond acceptors (Lipinski definition) is 5. The third-order valence-corrected chi connectivity index (χ3v) is 7.79. The zero-order chi connectivity index (χ0) is 25.8. The maximum absolute atomic E-state index is 14.8. The summed E-state index contributed by atoms with van der Waals surface area (Å²) in [6.45, 7) is 0.693. The predicted octanol–water partition coefficient (Wildman–Crippen LogP) is 5.13. The second-order valence-electron chi connectivity index (χ2n) is 8.97. The van der Waals surface area contributed by atoms with Crippen LogP contribution in [0, 0.1) is 11.6 Å². The molecule has 10 heteroatoms. The number of carbonyl (C=O) groups is 2. The Morgan fingerprint density at radius 3 is 2.68 bits per heavy atom. The molecule has 2 aliphatic rings. The van der Waals surface area contributed by atoms with Gasteiger partial charge in [-0.15, -0.1) is 0 Å². The smallest absolute Gasteiger partial charge is 0.266 e. The van der Waals surface area contributed by atoms with E-state index in [2.05, 4.69) is 4.98 Å². The summed E-state index contributed by atoms with van der Waals surface area (Å²) < 4.78 is 29.4. The number of thioether (sulfide) groups is 1. The number of benzene rings is 3. The molecular formula is C27H18ClF2N3O3S. The van der Waals surface area contributed by atoms with Gasteiger partial charge >= 0.3 is 0 Å². The van der Waals surface area contributed by atoms with Crippen LogP contribution >= 0.6 is 23.4 Å². The van der Waals surface area contributed by atoms with E-state index in [0.29, 0.717) is 28.7 Å². The van der Waals surface area contributed by atoms with E-state index in [1.807, 2.05) is 6.07 Å². The van der Waals surface area contributed by atoms with Crippen LogP contribution in [0.2, 0.25) is 5.02 Å². The quantitative estimate of drug-likeness (QED) is 0.200. The Labute approximate surface area is 218 Å². The van der Waals surface area contributed by atoms with Gasteiger partial charge in [0, 0.05) is 23.2 Å². The minimum atomic E-state index is -0.939. The fraction of sp³-hybridized carbons (Fsp3) is 0.185. The lowest BCUT2D eigenvalue weighted by Gasteiger charge is -2.25. The predicted molar refractivity (Wildman–Crippen MR) is 138 cm³/mol. The van der Waals surface area contributed by atoms with Crippen molar-refractivity contribution in [3.05, 3.63) is 92.2 Å². The van der Waals surface area contributed by atoms with Crippen LogP contribution in [0.15, 0.2) is 58.5 Å². The zero-order valence-electron chi connectivity index (χ0n) is 19.3. The number of aryl methyl sites for hydroxylation is 1. The highest BCUT2D eigenvalue weighted by molar-refractivity contribution is 7.99. The summed E-state index contributed by atoms with van der Waals surface area (Å²) in [6.07, 6.45) is 1.90. The Bertz CT molecular complexity index is 1710. The van der Waals surface area contributed by atoms with E-state index in [1.165, 1.54) is 6.07 Å². The number of aromatic nitrogens is 2. The van der Waals surface area contributed by atoms with Crippen LogP contribution in [-0.4, -0.2) is 33.5 Å². The molecule has 6 nitrogen and oxygen atoms in total. The molecule has 0 atom stereocenters. The fourth-order valence-electron chi connectivity index (χ4n) is 4.96. The molecule has 0 saturated heterocycles. The molecule has 0 bridgehead atoms. The van der Waals surface area contributed by atoms with Gasteiger partial charge in [0.2, 0.25) is 5.91 Å². The molecule has 37 heavy (non-hydrogen) atoms. The number of ketones is 1. The number of anilines is 1. The van der Waals surface area contributed by atoms with Crippen LogP contribution in [0.5, 0.6) is 0 Å². The van der Waals surface area contributed by atoms with E-state index in [0.717, 1.165) is 58.1 Å². The van der Waals surface area contributed by atoms with Crippen molar-refractivity contribution in [2.45, 2.75) is 24.4 Å². The third kappa shape index (κ3) is 4.12. The molecule has 0 saturated carbocycles. The normalized spacial score (nSPS) is 14.4. The van der Waals surface area contributed by atoms with Crippen LogP contribution in [0.4, 0.5) is 14.5 Å². The molecule has 2 aliphatic heterocycles. The second-order valence-corrected chi connectivity index (χ2v) is 10.4. The molecule has 1 aromatic heterocycles. The molecule has 186 valence electrons. The van der Waals surface area contributed by atoms with Crippen molar-refractivity contribution < 1.29 is 18.4 Å². The van der Waals surface area contributed by atoms with Gasteiger partial charge in [0.15, 0.2) is 10.9 Å². The van der Waals surface area contributed by atoms with Crippen LogP contribution in [0.1, 0.15) is 27.9 Å². The SMILES string of the molecule is O=C(CSc1nc2ccc(Cl)cc2c(=O)n1-c1ccc(F)cc1F)c1cc2c3c(c1)CC(=O)N3CCC2. The van der Waals surface area contributed by atoms with E-state index in [1.54, 1.807) is 23.1 Å². The Hall–Kier alpha value is -3.56. The molecule has 0 unspecified atom stereocenters. The number of amides is 1. The van der Waals surface area contributed by atoms with Gasteiger partial charge in [-0.25, -0.2) is 13.8 Å². The first-order chi connectivity index (χ1) is 17.8. The average Bonchev–Trinajstić information content (AvgIpc) is 3.20. The summed E-state index contributed by atoms with van der Waals surface area (Å²) in [5.41, 5.74) is 2.80. The molecular weight excluding hydrogens is 520 g/mol. The highest BCUT2D eigenvalue weighted by atomic mass is 35.5. The van der Waals surface area contributed by atoms with Crippen LogP contribution in [0.3, 0.4) is 0 Å². The summed E-state index contributed by atoms with van der Waals surface area (Å²) in [6, 6.07) is 11.1. The summed E-state index contributed by atoms with van der Waals surface area (Å²) in [5.74, 6) is -1.97. The molecule has 3 heterocycles. The van der Waals surface area contributed by atoms with Crippen LogP contribution in [-0.2, 0) is 17.6 Å². The van der Waals surface area contributed by atoms with E-state index in [9.17, 15) is 23.2 Å². The van der Waals surface area contributed by atoms with Gasteiger partial charge in [-0.3, -0.25) is 19.0 Å². The van der Waals surface area contributed by atoms with Crippen LogP contribution < -0.4 is 10.5 Å². The lowest BCUT2D eigenvalue weighted by molar-refractivity contribution is -0.117. The molecule has 0 radical (unpaired) electrons. The fourth-order valence-corrected chi connectivity index (χ4v) is 6.04. The molecule has 6 rings (SSSR count). The number of Topliss-reactive ketones (excluding diaryl/α,β-unsaturated/α-hetero) is 1. The summed E-state index contributed by atoms with van der Waals surface area (Å²) in [7, 11) is 0. The molecule has 0 fully saturated rings. The summed E-state index contributed by atoms with van der Waals surface area (Å²) in [5, 5.41) is 0.562. The monoisotopic (exact) mass is 537 g/mol. The number of hydrogen-bond donors (Lipinski definition) is 0. The topological polar surface area (TPSA) is 72.3 Å². The van der Waals surface area contributed by atoms with E-state index < -0.39 is 17.2 Å². The first-order valence-corrected chi connectivity index (χ1v) is 13.0. The van der Waals surface area contributed by atoms with Gasteiger partial charge in [-0.1, -0.05) is 23.4 Å². The van der Waals surface area contributed by atoms with Crippen molar-refractivity contribution >= 4 is 51.6 Å². The number of rotatable bonds is 5. The lowest BCUT2D eigenvalue weighted by atomic mass is 9.96. The van der Waals surface area contributed by atoms with Crippen molar-refractivity contribution in [3.63, 3.8) is 0 Å². The molecule has 1 amide bonds. The molecule has 3 aromatic carbocycles. The zero-order valence-corrected chi connectivity index (χ0v) is 20.8. The third-order valence-electron chi connectivity index (χ3n) is 6.61. The Morgan fingerprint density at radius 1 is 1.05 bits per heavy atom. The largest absolute Gasteiger partial charge is 0.312 e. The first kappa shape index (κ1) is 23.8. The highest BCUT2D eigenvalue weighted by Gasteiger charge is 2.33. The van der Waals surface area contributed by atoms with Gasteiger partial charge in [-0.2, -0.15) is 0 Å². The van der Waals surface area contributed by atoms with Crippen molar-refractivity contribution in [2.75, 3.05) is 17.2 Å². The van der Waals surface area contributed by atoms with Gasteiger partial charge in [-0.05, 0) is 66.4 Å². The molecule has 4 aromatic rings. The second kappa shape index (κ2) is 9.08. The van der Waals surface area contributed by atoms with Crippen LogP contribution in [0.25, 0.3) is 16.6 Å². The Kier molecular flexibility index (Phi) is 5.84. The van der Waals surface area contributed by atoms with Gasteiger partial charge in [0.1, 0.15) is 11.6 Å². The minimum absolute atomic E-state index is 0.0423. The maximum Gasteiger partial charge on any atom is 0.266 e. The Morgan fingerprint density at radius 2 is 1.86 bits per heavy atom. The van der Waals surface area contributed by atoms with Crippen molar-refractivity contribution in [3.8, 4) is 5.69 Å². The maximum atomic E-state index is 14.8. The van der Waals surface area contributed by atoms with Crippen molar-refractivity contribution in [1.82, 2.24) is 9.55 Å². The summed E-state index contributed by atoms with van der Waals surface area (Å²) in [4.78, 5) is 45.3. The van der Waals surface area contributed by atoms with Gasteiger partial charge in [0.25, 0.3) is 5.56 Å². The van der Waals surface area contributed by atoms with Crippen molar-refractivity contribution in [2.24, 2.45) is 0 Å². The lowest BCUT2D eigenvalue weighted by Crippen LogP contribution is -2.31. The minimum Gasteiger partial charge on any atom is -0.312 e. The standard InChI is InChI=1S/C27H18ClF2N3O3S/c28-17-3-5-21-19(11-17)26(36)33(22-6-4-18(29)12-20(22)30)27(31-21)37-13-23(34)15-8-14-2-1-7-32-24(35)10-16(9-15)25(14)32/h3-6,8-9,11-12H,1-2,7,10,13H2. The van der Waals surface area contributed by atoms with E-state index in [-0.39, 0.29) is 40.1 Å². The molecule has 0 spiro atoms.